The lowest BCUT2D eigenvalue weighted by atomic mass is 10.1. The number of benzene rings is 2. The van der Waals surface area contributed by atoms with Gasteiger partial charge in [0, 0.05) is 19.6 Å². The van der Waals surface area contributed by atoms with E-state index in [0.717, 1.165) is 42.4 Å². The Morgan fingerprint density at radius 3 is 2.83 bits per heavy atom. The largest absolute Gasteiger partial charge is 0.493 e. The van der Waals surface area contributed by atoms with Crippen LogP contribution in [0, 0.1) is 6.92 Å². The van der Waals surface area contributed by atoms with Gasteiger partial charge in [0.2, 0.25) is 12.5 Å². The quantitative estimate of drug-likeness (QED) is 0.844. The molecule has 0 amide bonds. The molecule has 5 heteroatoms. The molecule has 24 heavy (non-hydrogen) atoms. The Bertz CT molecular complexity index is 740. The van der Waals surface area contributed by atoms with Crippen molar-refractivity contribution in [1.29, 1.82) is 0 Å². The van der Waals surface area contributed by atoms with Crippen LogP contribution in [0.3, 0.4) is 0 Å². The van der Waals surface area contributed by atoms with Gasteiger partial charge in [0.25, 0.3) is 0 Å². The summed E-state index contributed by atoms with van der Waals surface area (Å²) in [4.78, 5) is 2.34. The molecular weight excluding hydrogens is 306 g/mol. The molecule has 0 saturated carbocycles. The van der Waals surface area contributed by atoms with E-state index in [1.165, 1.54) is 5.56 Å². The van der Waals surface area contributed by atoms with Crippen molar-refractivity contribution in [2.24, 2.45) is 0 Å². The Hall–Kier alpha value is -2.40. The zero-order valence-corrected chi connectivity index (χ0v) is 14.0. The summed E-state index contributed by atoms with van der Waals surface area (Å²) in [6, 6.07) is 12.2. The minimum atomic E-state index is 0.253. The lowest BCUT2D eigenvalue weighted by Gasteiger charge is -2.39. The van der Waals surface area contributed by atoms with E-state index in [4.69, 9.17) is 18.9 Å². The highest BCUT2D eigenvalue weighted by molar-refractivity contribution is 5.55. The Kier molecular flexibility index (Phi) is 3.94. The van der Waals surface area contributed by atoms with Crippen molar-refractivity contribution in [3.05, 3.63) is 47.5 Å². The van der Waals surface area contributed by atoms with Crippen LogP contribution in [0.25, 0.3) is 0 Å². The standard InChI is InChI=1S/C19H21NO4/c1-13-4-3-5-15(6-13)24-16-10-20(11-16)9-14-7-17(21-2)19-18(8-14)22-12-23-19/h3-8,16H,9-12H2,1-2H3. The van der Waals surface area contributed by atoms with Gasteiger partial charge in [-0.3, -0.25) is 4.90 Å². The van der Waals surface area contributed by atoms with Crippen LogP contribution in [-0.4, -0.2) is 38.0 Å². The highest BCUT2D eigenvalue weighted by atomic mass is 16.7. The van der Waals surface area contributed by atoms with Crippen LogP contribution in [0.4, 0.5) is 0 Å². The molecular formula is C19H21NO4. The van der Waals surface area contributed by atoms with Crippen molar-refractivity contribution in [3.63, 3.8) is 0 Å². The number of hydrogen-bond acceptors (Lipinski definition) is 5. The van der Waals surface area contributed by atoms with E-state index in [2.05, 4.69) is 24.0 Å². The van der Waals surface area contributed by atoms with Gasteiger partial charge in [-0.15, -0.1) is 0 Å². The number of aryl methyl sites for hydroxylation is 1. The van der Waals surface area contributed by atoms with Gasteiger partial charge < -0.3 is 18.9 Å². The van der Waals surface area contributed by atoms with Gasteiger partial charge in [0.15, 0.2) is 11.5 Å². The van der Waals surface area contributed by atoms with E-state index in [0.29, 0.717) is 5.75 Å². The normalized spacial score (nSPS) is 16.8. The maximum Gasteiger partial charge on any atom is 0.231 e. The Balaban J connectivity index is 1.35. The van der Waals surface area contributed by atoms with Gasteiger partial charge in [-0.1, -0.05) is 12.1 Å². The average Bonchev–Trinajstić information content (AvgIpc) is 3.00. The molecule has 0 aromatic heterocycles. The maximum absolute atomic E-state index is 6.01. The predicted molar refractivity (Wildman–Crippen MR) is 90.0 cm³/mol. The molecule has 1 fully saturated rings. The Morgan fingerprint density at radius 2 is 2.04 bits per heavy atom. The molecule has 1 saturated heterocycles. The molecule has 0 bridgehead atoms. The fourth-order valence-corrected chi connectivity index (χ4v) is 3.14. The molecule has 2 aromatic rings. The molecule has 0 spiro atoms. The first kappa shape index (κ1) is 15.1. The molecule has 4 rings (SSSR count). The van der Waals surface area contributed by atoms with E-state index in [9.17, 15) is 0 Å². The van der Waals surface area contributed by atoms with E-state index < -0.39 is 0 Å². The number of fused-ring (bicyclic) bond motifs is 1. The second-order valence-corrected chi connectivity index (χ2v) is 6.28. The molecule has 0 N–H and O–H groups in total. The molecule has 0 radical (unpaired) electrons. The number of nitrogens with zero attached hydrogens (tertiary/aromatic N) is 1. The van der Waals surface area contributed by atoms with Gasteiger partial charge in [-0.25, -0.2) is 0 Å². The number of methoxy groups -OCH3 is 1. The first-order valence-electron chi connectivity index (χ1n) is 8.13. The first-order chi connectivity index (χ1) is 11.7. The lowest BCUT2D eigenvalue weighted by Crippen LogP contribution is -2.53. The van der Waals surface area contributed by atoms with Crippen LogP contribution >= 0.6 is 0 Å². The third-order valence-corrected chi connectivity index (χ3v) is 4.34. The fourth-order valence-electron chi connectivity index (χ4n) is 3.14. The maximum atomic E-state index is 6.01. The lowest BCUT2D eigenvalue weighted by molar-refractivity contribution is 0.0145. The molecule has 5 nitrogen and oxygen atoms in total. The molecule has 0 unspecified atom stereocenters. The molecule has 2 aromatic carbocycles. The van der Waals surface area contributed by atoms with Gasteiger partial charge in [-0.05, 0) is 42.3 Å². The second kappa shape index (κ2) is 6.24. The second-order valence-electron chi connectivity index (χ2n) is 6.28. The van der Waals surface area contributed by atoms with Crippen LogP contribution in [0.5, 0.6) is 23.0 Å². The molecule has 2 aliphatic rings. The van der Waals surface area contributed by atoms with Gasteiger partial charge in [0.05, 0.1) is 7.11 Å². The van der Waals surface area contributed by atoms with E-state index >= 15 is 0 Å². The summed E-state index contributed by atoms with van der Waals surface area (Å²) in [5.41, 5.74) is 2.38. The molecule has 2 aliphatic heterocycles. The van der Waals surface area contributed by atoms with Crippen molar-refractivity contribution in [2.45, 2.75) is 19.6 Å². The number of likely N-dealkylation sites (tertiary alicyclic amines) is 1. The third kappa shape index (κ3) is 2.99. The summed E-state index contributed by atoms with van der Waals surface area (Å²) in [6.07, 6.45) is 0.253. The minimum absolute atomic E-state index is 0.253. The van der Waals surface area contributed by atoms with Crippen LogP contribution in [0.1, 0.15) is 11.1 Å². The van der Waals surface area contributed by atoms with E-state index in [1.54, 1.807) is 7.11 Å². The Labute approximate surface area is 141 Å². The first-order valence-corrected chi connectivity index (χ1v) is 8.13. The minimum Gasteiger partial charge on any atom is -0.493 e. The number of hydrogen-bond donors (Lipinski definition) is 0. The summed E-state index contributed by atoms with van der Waals surface area (Å²) >= 11 is 0. The summed E-state index contributed by atoms with van der Waals surface area (Å²) in [7, 11) is 1.65. The zero-order chi connectivity index (χ0) is 16.5. The number of ether oxygens (including phenoxy) is 4. The van der Waals surface area contributed by atoms with E-state index in [-0.39, 0.29) is 12.9 Å². The summed E-state index contributed by atoms with van der Waals surface area (Å²) in [5, 5.41) is 0. The highest BCUT2D eigenvalue weighted by Gasteiger charge is 2.29. The number of rotatable bonds is 5. The summed E-state index contributed by atoms with van der Waals surface area (Å²) in [5.74, 6) is 3.14. The van der Waals surface area contributed by atoms with Crippen LogP contribution in [0.15, 0.2) is 36.4 Å². The molecule has 2 heterocycles. The molecule has 0 aliphatic carbocycles. The topological polar surface area (TPSA) is 40.2 Å². The smallest absolute Gasteiger partial charge is 0.231 e. The van der Waals surface area contributed by atoms with Gasteiger partial charge in [0.1, 0.15) is 11.9 Å². The van der Waals surface area contributed by atoms with Gasteiger partial charge >= 0.3 is 0 Å². The zero-order valence-electron chi connectivity index (χ0n) is 14.0. The van der Waals surface area contributed by atoms with Crippen molar-refractivity contribution in [2.75, 3.05) is 27.0 Å². The third-order valence-electron chi connectivity index (χ3n) is 4.34. The summed E-state index contributed by atoms with van der Waals surface area (Å²) < 4.78 is 22.3. The van der Waals surface area contributed by atoms with Crippen molar-refractivity contribution >= 4 is 0 Å². The monoisotopic (exact) mass is 327 g/mol. The van der Waals surface area contributed by atoms with Gasteiger partial charge in [-0.2, -0.15) is 0 Å². The SMILES string of the molecule is COc1cc(CN2CC(Oc3cccc(C)c3)C2)cc2c1OCO2. The van der Waals surface area contributed by atoms with Crippen LogP contribution in [0.2, 0.25) is 0 Å². The molecule has 126 valence electrons. The average molecular weight is 327 g/mol. The van der Waals surface area contributed by atoms with Crippen molar-refractivity contribution < 1.29 is 18.9 Å². The van der Waals surface area contributed by atoms with Crippen molar-refractivity contribution in [1.82, 2.24) is 4.90 Å². The predicted octanol–water partition coefficient (Wildman–Crippen LogP) is 3.00. The van der Waals surface area contributed by atoms with E-state index in [1.807, 2.05) is 24.3 Å². The molecule has 0 atom stereocenters. The van der Waals surface area contributed by atoms with Crippen molar-refractivity contribution in [3.8, 4) is 23.0 Å². The fraction of sp³-hybridized carbons (Fsp3) is 0.368. The summed E-state index contributed by atoms with van der Waals surface area (Å²) in [6.45, 7) is 5.02. The van der Waals surface area contributed by atoms with Crippen LogP contribution in [-0.2, 0) is 6.54 Å². The van der Waals surface area contributed by atoms with Crippen LogP contribution < -0.4 is 18.9 Å². The highest BCUT2D eigenvalue weighted by Crippen LogP contribution is 2.42. The Morgan fingerprint density at radius 1 is 1.17 bits per heavy atom.